The largest absolute Gasteiger partial charge is 0.308 e. The Morgan fingerprint density at radius 2 is 2.05 bits per heavy atom. The SMILES string of the molecule is CCCNC(Cc1ccccc1Br)c1ncc(Cl)cc1Cl. The molecule has 21 heavy (non-hydrogen) atoms. The summed E-state index contributed by atoms with van der Waals surface area (Å²) in [6, 6.07) is 10.0. The summed E-state index contributed by atoms with van der Waals surface area (Å²) in [7, 11) is 0. The second-order valence-electron chi connectivity index (χ2n) is 4.82. The Kier molecular flexibility index (Phi) is 6.49. The van der Waals surface area contributed by atoms with Crippen LogP contribution in [-0.2, 0) is 6.42 Å². The maximum Gasteiger partial charge on any atom is 0.0763 e. The number of hydrogen-bond acceptors (Lipinski definition) is 2. The molecule has 0 spiro atoms. The lowest BCUT2D eigenvalue weighted by Crippen LogP contribution is -2.25. The fraction of sp³-hybridized carbons (Fsp3) is 0.312. The predicted molar refractivity (Wildman–Crippen MR) is 93.1 cm³/mol. The van der Waals surface area contributed by atoms with E-state index in [4.69, 9.17) is 23.2 Å². The molecule has 0 amide bonds. The number of hydrogen-bond donors (Lipinski definition) is 1. The molecular weight excluding hydrogens is 371 g/mol. The third kappa shape index (κ3) is 4.68. The van der Waals surface area contributed by atoms with Gasteiger partial charge < -0.3 is 5.32 Å². The van der Waals surface area contributed by atoms with Crippen molar-refractivity contribution in [1.29, 1.82) is 0 Å². The van der Waals surface area contributed by atoms with Crippen molar-refractivity contribution in [2.45, 2.75) is 25.8 Å². The van der Waals surface area contributed by atoms with Gasteiger partial charge in [0.05, 0.1) is 21.8 Å². The maximum absolute atomic E-state index is 6.31. The van der Waals surface area contributed by atoms with Crippen molar-refractivity contribution >= 4 is 39.1 Å². The molecule has 2 nitrogen and oxygen atoms in total. The van der Waals surface area contributed by atoms with Crippen LogP contribution in [0.3, 0.4) is 0 Å². The molecule has 1 aromatic heterocycles. The second kappa shape index (κ2) is 8.14. The molecule has 0 saturated heterocycles. The number of aromatic nitrogens is 1. The average molecular weight is 388 g/mol. The highest BCUT2D eigenvalue weighted by Crippen LogP contribution is 2.28. The van der Waals surface area contributed by atoms with Crippen molar-refractivity contribution in [3.63, 3.8) is 0 Å². The van der Waals surface area contributed by atoms with Gasteiger partial charge in [0.25, 0.3) is 0 Å². The topological polar surface area (TPSA) is 24.9 Å². The van der Waals surface area contributed by atoms with Crippen molar-refractivity contribution in [2.75, 3.05) is 6.54 Å². The summed E-state index contributed by atoms with van der Waals surface area (Å²) in [5, 5.41) is 4.67. The maximum atomic E-state index is 6.31. The normalized spacial score (nSPS) is 12.4. The summed E-state index contributed by atoms with van der Waals surface area (Å²) in [6.45, 7) is 3.05. The molecule has 1 unspecified atom stereocenters. The first-order valence-electron chi connectivity index (χ1n) is 6.89. The molecule has 0 radical (unpaired) electrons. The van der Waals surface area contributed by atoms with E-state index >= 15 is 0 Å². The van der Waals surface area contributed by atoms with Crippen LogP contribution in [0.15, 0.2) is 41.0 Å². The van der Waals surface area contributed by atoms with Gasteiger partial charge in [0.1, 0.15) is 0 Å². The Hall–Kier alpha value is -0.610. The third-order valence-electron chi connectivity index (χ3n) is 3.19. The molecule has 0 aliphatic heterocycles. The van der Waals surface area contributed by atoms with E-state index in [-0.39, 0.29) is 6.04 Å². The van der Waals surface area contributed by atoms with Crippen LogP contribution in [0, 0.1) is 0 Å². The van der Waals surface area contributed by atoms with Gasteiger partial charge in [-0.25, -0.2) is 0 Å². The minimum atomic E-state index is 0.0633. The summed E-state index contributed by atoms with van der Waals surface area (Å²) in [6.07, 6.45) is 3.51. The lowest BCUT2D eigenvalue weighted by atomic mass is 10.0. The Balaban J connectivity index is 2.27. The zero-order valence-electron chi connectivity index (χ0n) is 11.7. The van der Waals surface area contributed by atoms with Gasteiger partial charge >= 0.3 is 0 Å². The van der Waals surface area contributed by atoms with E-state index in [2.05, 4.69) is 39.2 Å². The van der Waals surface area contributed by atoms with Crippen LogP contribution in [-0.4, -0.2) is 11.5 Å². The number of rotatable bonds is 6. The summed E-state index contributed by atoms with van der Waals surface area (Å²) in [4.78, 5) is 4.42. The van der Waals surface area contributed by atoms with Gasteiger partial charge in [0.15, 0.2) is 0 Å². The Morgan fingerprint density at radius 3 is 2.71 bits per heavy atom. The van der Waals surface area contributed by atoms with Crippen molar-refractivity contribution in [1.82, 2.24) is 10.3 Å². The first-order chi connectivity index (χ1) is 10.1. The van der Waals surface area contributed by atoms with E-state index in [1.54, 1.807) is 12.3 Å². The van der Waals surface area contributed by atoms with E-state index in [0.29, 0.717) is 10.0 Å². The first-order valence-corrected chi connectivity index (χ1v) is 8.44. The summed E-state index contributed by atoms with van der Waals surface area (Å²) < 4.78 is 1.10. The van der Waals surface area contributed by atoms with Crippen molar-refractivity contribution < 1.29 is 0 Å². The van der Waals surface area contributed by atoms with Gasteiger partial charge in [-0.2, -0.15) is 0 Å². The highest BCUT2D eigenvalue weighted by atomic mass is 79.9. The summed E-state index contributed by atoms with van der Waals surface area (Å²) in [5.74, 6) is 0. The van der Waals surface area contributed by atoms with E-state index in [1.165, 1.54) is 5.56 Å². The molecule has 1 aromatic carbocycles. The minimum absolute atomic E-state index is 0.0633. The molecule has 2 aromatic rings. The minimum Gasteiger partial charge on any atom is -0.308 e. The number of pyridine rings is 1. The van der Waals surface area contributed by atoms with Gasteiger partial charge in [-0.15, -0.1) is 0 Å². The van der Waals surface area contributed by atoms with Crippen molar-refractivity contribution in [3.8, 4) is 0 Å². The number of benzene rings is 1. The standard InChI is InChI=1S/C16H17BrCl2N2/c1-2-7-20-15(8-11-5-3-4-6-13(11)17)16-14(19)9-12(18)10-21-16/h3-6,9-10,15,20H,2,7-8H2,1H3. The highest BCUT2D eigenvalue weighted by Gasteiger charge is 2.17. The van der Waals surface area contributed by atoms with Crippen LogP contribution in [0.5, 0.6) is 0 Å². The van der Waals surface area contributed by atoms with Gasteiger partial charge in [-0.05, 0) is 37.1 Å². The highest BCUT2D eigenvalue weighted by molar-refractivity contribution is 9.10. The second-order valence-corrected chi connectivity index (χ2v) is 6.52. The summed E-state index contributed by atoms with van der Waals surface area (Å²) >= 11 is 15.8. The lowest BCUT2D eigenvalue weighted by molar-refractivity contribution is 0.517. The first kappa shape index (κ1) is 16.8. The lowest BCUT2D eigenvalue weighted by Gasteiger charge is -2.20. The van der Waals surface area contributed by atoms with Crippen molar-refractivity contribution in [2.24, 2.45) is 0 Å². The average Bonchev–Trinajstić information content (AvgIpc) is 2.46. The molecular formula is C16H17BrCl2N2. The van der Waals surface area contributed by atoms with Crippen LogP contribution >= 0.6 is 39.1 Å². The van der Waals surface area contributed by atoms with Gasteiger partial charge in [0, 0.05) is 10.7 Å². The molecule has 0 aliphatic rings. The molecule has 112 valence electrons. The van der Waals surface area contributed by atoms with Crippen LogP contribution in [0.1, 0.15) is 30.6 Å². The molecule has 0 fully saturated rings. The zero-order chi connectivity index (χ0) is 15.2. The van der Waals surface area contributed by atoms with E-state index in [0.717, 1.165) is 29.6 Å². The predicted octanol–water partition coefficient (Wildman–Crippen LogP) is 5.43. The quantitative estimate of drug-likeness (QED) is 0.714. The molecule has 1 atom stereocenters. The van der Waals surface area contributed by atoms with Gasteiger partial charge in [-0.1, -0.05) is 64.3 Å². The molecule has 1 N–H and O–H groups in total. The Bertz CT molecular complexity index is 605. The summed E-state index contributed by atoms with van der Waals surface area (Å²) in [5.41, 5.74) is 2.06. The van der Waals surface area contributed by atoms with E-state index < -0.39 is 0 Å². The Morgan fingerprint density at radius 1 is 1.29 bits per heavy atom. The van der Waals surface area contributed by atoms with E-state index in [1.807, 2.05) is 18.2 Å². The number of nitrogens with zero attached hydrogens (tertiary/aromatic N) is 1. The molecule has 2 rings (SSSR count). The van der Waals surface area contributed by atoms with Gasteiger partial charge in [-0.3, -0.25) is 4.98 Å². The number of halogens is 3. The molecule has 5 heteroatoms. The monoisotopic (exact) mass is 386 g/mol. The van der Waals surface area contributed by atoms with Crippen LogP contribution in [0.25, 0.3) is 0 Å². The molecule has 1 heterocycles. The molecule has 0 saturated carbocycles. The van der Waals surface area contributed by atoms with E-state index in [9.17, 15) is 0 Å². The van der Waals surface area contributed by atoms with Crippen LogP contribution in [0.4, 0.5) is 0 Å². The molecule has 0 aliphatic carbocycles. The fourth-order valence-electron chi connectivity index (χ4n) is 2.15. The Labute approximate surface area is 144 Å². The number of nitrogens with one attached hydrogen (secondary N) is 1. The van der Waals surface area contributed by atoms with Crippen molar-refractivity contribution in [3.05, 3.63) is 62.3 Å². The smallest absolute Gasteiger partial charge is 0.0763 e. The third-order valence-corrected chi connectivity index (χ3v) is 4.47. The van der Waals surface area contributed by atoms with Gasteiger partial charge in [0.2, 0.25) is 0 Å². The molecule has 0 bridgehead atoms. The zero-order valence-corrected chi connectivity index (χ0v) is 14.8. The van der Waals surface area contributed by atoms with Crippen LogP contribution < -0.4 is 5.32 Å². The fourth-order valence-corrected chi connectivity index (χ4v) is 3.11. The van der Waals surface area contributed by atoms with Crippen LogP contribution in [0.2, 0.25) is 10.0 Å².